The number of hydrogen-bond acceptors (Lipinski definition) is 5. The van der Waals surface area contributed by atoms with E-state index in [1.165, 1.54) is 11.3 Å². The highest BCUT2D eigenvalue weighted by atomic mass is 32.1. The predicted octanol–water partition coefficient (Wildman–Crippen LogP) is 4.22. The molecule has 132 valence electrons. The molecule has 2 heterocycles. The summed E-state index contributed by atoms with van der Waals surface area (Å²) in [6.07, 6.45) is 0. The molecular formula is C20H18N2O3S. The summed E-state index contributed by atoms with van der Waals surface area (Å²) in [6.45, 7) is 5.90. The SMILES string of the molecule is COc1ccc2c(c1)sc1nc(O)c(-c3c(C)cc(C)cc3C)c(=O)n12. The average molecular weight is 366 g/mol. The van der Waals surface area contributed by atoms with E-state index in [0.29, 0.717) is 10.7 Å². The van der Waals surface area contributed by atoms with Crippen molar-refractivity contribution in [2.45, 2.75) is 20.8 Å². The quantitative estimate of drug-likeness (QED) is 0.577. The van der Waals surface area contributed by atoms with Gasteiger partial charge in [-0.15, -0.1) is 0 Å². The molecular weight excluding hydrogens is 348 g/mol. The molecule has 0 saturated heterocycles. The molecule has 0 amide bonds. The maximum atomic E-state index is 13.3. The van der Waals surface area contributed by atoms with Crippen LogP contribution in [0.3, 0.4) is 0 Å². The fraction of sp³-hybridized carbons (Fsp3) is 0.200. The number of rotatable bonds is 2. The molecule has 2 aromatic heterocycles. The highest BCUT2D eigenvalue weighted by molar-refractivity contribution is 7.23. The maximum Gasteiger partial charge on any atom is 0.270 e. The third-order valence-corrected chi connectivity index (χ3v) is 5.57. The lowest BCUT2D eigenvalue weighted by atomic mass is 9.95. The average Bonchev–Trinajstić information content (AvgIpc) is 2.93. The van der Waals surface area contributed by atoms with E-state index in [0.717, 1.165) is 32.5 Å². The zero-order chi connectivity index (χ0) is 18.6. The Bertz CT molecular complexity index is 1210. The molecule has 1 N–H and O–H groups in total. The Labute approximate surface area is 154 Å². The van der Waals surface area contributed by atoms with Crippen LogP contribution in [0, 0.1) is 20.8 Å². The van der Waals surface area contributed by atoms with Gasteiger partial charge in [0.05, 0.1) is 17.3 Å². The molecule has 0 fully saturated rings. The molecule has 0 aliphatic carbocycles. The van der Waals surface area contributed by atoms with E-state index in [4.69, 9.17) is 4.74 Å². The number of benzene rings is 2. The van der Waals surface area contributed by atoms with Gasteiger partial charge in [-0.05, 0) is 55.7 Å². The number of ether oxygens (including phenoxy) is 1. The van der Waals surface area contributed by atoms with Crippen LogP contribution in [-0.2, 0) is 0 Å². The Balaban J connectivity index is 2.12. The second-order valence-electron chi connectivity index (χ2n) is 6.44. The molecule has 0 saturated carbocycles. The Morgan fingerprint density at radius 1 is 1.08 bits per heavy atom. The van der Waals surface area contributed by atoms with Crippen molar-refractivity contribution in [1.82, 2.24) is 9.38 Å². The Morgan fingerprint density at radius 2 is 1.77 bits per heavy atom. The van der Waals surface area contributed by atoms with E-state index < -0.39 is 0 Å². The van der Waals surface area contributed by atoms with Crippen molar-refractivity contribution in [3.8, 4) is 22.8 Å². The number of methoxy groups -OCH3 is 1. The number of fused-ring (bicyclic) bond motifs is 3. The number of nitrogens with zero attached hydrogens (tertiary/aromatic N) is 2. The first-order chi connectivity index (χ1) is 12.4. The van der Waals surface area contributed by atoms with Gasteiger partial charge in [0.25, 0.3) is 5.56 Å². The molecule has 0 unspecified atom stereocenters. The lowest BCUT2D eigenvalue weighted by Crippen LogP contribution is -2.16. The zero-order valence-corrected chi connectivity index (χ0v) is 15.8. The second kappa shape index (κ2) is 5.85. The van der Waals surface area contributed by atoms with E-state index in [2.05, 4.69) is 4.98 Å². The fourth-order valence-electron chi connectivity index (χ4n) is 3.55. The van der Waals surface area contributed by atoms with E-state index in [-0.39, 0.29) is 17.0 Å². The van der Waals surface area contributed by atoms with E-state index in [9.17, 15) is 9.90 Å². The molecule has 0 aliphatic heterocycles. The van der Waals surface area contributed by atoms with E-state index in [1.807, 2.05) is 51.1 Å². The van der Waals surface area contributed by atoms with Gasteiger partial charge in [0.2, 0.25) is 10.8 Å². The summed E-state index contributed by atoms with van der Waals surface area (Å²) in [5, 5.41) is 10.5. The third kappa shape index (κ3) is 2.37. The normalized spacial score (nSPS) is 11.4. The second-order valence-corrected chi connectivity index (χ2v) is 7.45. The van der Waals surface area contributed by atoms with Crippen LogP contribution in [0.1, 0.15) is 16.7 Å². The predicted molar refractivity (Wildman–Crippen MR) is 105 cm³/mol. The van der Waals surface area contributed by atoms with Crippen molar-refractivity contribution in [2.24, 2.45) is 0 Å². The topological polar surface area (TPSA) is 63.8 Å². The van der Waals surface area contributed by atoms with Crippen LogP contribution in [0.2, 0.25) is 0 Å². The highest BCUT2D eigenvalue weighted by Crippen LogP contribution is 2.34. The van der Waals surface area contributed by atoms with E-state index in [1.54, 1.807) is 11.5 Å². The largest absolute Gasteiger partial charge is 0.497 e. The molecule has 0 atom stereocenters. The molecule has 6 heteroatoms. The van der Waals surface area contributed by atoms with Gasteiger partial charge in [0.15, 0.2) is 0 Å². The monoisotopic (exact) mass is 366 g/mol. The Kier molecular flexibility index (Phi) is 3.73. The van der Waals surface area contributed by atoms with Crippen molar-refractivity contribution in [2.75, 3.05) is 7.11 Å². The smallest absolute Gasteiger partial charge is 0.270 e. The molecule has 0 radical (unpaired) electrons. The molecule has 0 spiro atoms. The van der Waals surface area contributed by atoms with Crippen molar-refractivity contribution in [3.63, 3.8) is 0 Å². The summed E-state index contributed by atoms with van der Waals surface area (Å²) in [5.74, 6) is 0.482. The van der Waals surface area contributed by atoms with Crippen molar-refractivity contribution in [3.05, 3.63) is 57.4 Å². The standard InChI is InChI=1S/C20H18N2O3S/c1-10-7-11(2)16(12(3)8-10)17-18(23)21-20-22(19(17)24)14-6-5-13(25-4)9-15(14)26-20/h5-9,23H,1-4H3. The first kappa shape index (κ1) is 16.6. The summed E-state index contributed by atoms with van der Waals surface area (Å²) >= 11 is 1.35. The van der Waals surface area contributed by atoms with Gasteiger partial charge in [-0.1, -0.05) is 29.0 Å². The van der Waals surface area contributed by atoms with Gasteiger partial charge in [-0.25, -0.2) is 0 Å². The molecule has 26 heavy (non-hydrogen) atoms. The van der Waals surface area contributed by atoms with Crippen molar-refractivity contribution >= 4 is 26.5 Å². The summed E-state index contributed by atoms with van der Waals surface area (Å²) in [5.41, 5.74) is 4.48. The van der Waals surface area contributed by atoms with Crippen LogP contribution in [0.4, 0.5) is 0 Å². The first-order valence-corrected chi connectivity index (χ1v) is 9.03. The van der Waals surface area contributed by atoms with Crippen LogP contribution in [0.15, 0.2) is 35.1 Å². The number of thiazole rings is 1. The van der Waals surface area contributed by atoms with Gasteiger partial charge in [-0.3, -0.25) is 9.20 Å². The van der Waals surface area contributed by atoms with Crippen molar-refractivity contribution < 1.29 is 9.84 Å². The first-order valence-electron chi connectivity index (χ1n) is 8.21. The van der Waals surface area contributed by atoms with Gasteiger partial charge in [-0.2, -0.15) is 4.98 Å². The minimum atomic E-state index is -0.265. The summed E-state index contributed by atoms with van der Waals surface area (Å²) in [6, 6.07) is 9.54. The molecule has 5 nitrogen and oxygen atoms in total. The Morgan fingerprint density at radius 3 is 2.42 bits per heavy atom. The summed E-state index contributed by atoms with van der Waals surface area (Å²) in [7, 11) is 1.60. The number of aromatic hydroxyl groups is 1. The van der Waals surface area contributed by atoms with Gasteiger partial charge in [0, 0.05) is 0 Å². The maximum absolute atomic E-state index is 13.3. The third-order valence-electron chi connectivity index (χ3n) is 4.57. The fourth-order valence-corrected chi connectivity index (χ4v) is 4.59. The minimum absolute atomic E-state index is 0.233. The van der Waals surface area contributed by atoms with E-state index >= 15 is 0 Å². The lowest BCUT2D eigenvalue weighted by molar-refractivity contribution is 0.415. The minimum Gasteiger partial charge on any atom is -0.497 e. The number of aromatic nitrogens is 2. The Hall–Kier alpha value is -2.86. The summed E-state index contributed by atoms with van der Waals surface area (Å²) in [4.78, 5) is 18.1. The van der Waals surface area contributed by atoms with Gasteiger partial charge >= 0.3 is 0 Å². The highest BCUT2D eigenvalue weighted by Gasteiger charge is 2.20. The zero-order valence-electron chi connectivity index (χ0n) is 15.0. The van der Waals surface area contributed by atoms with Gasteiger partial charge in [0.1, 0.15) is 11.3 Å². The number of hydrogen-bond donors (Lipinski definition) is 1. The van der Waals surface area contributed by atoms with Crippen molar-refractivity contribution in [1.29, 1.82) is 0 Å². The molecule has 2 aromatic carbocycles. The van der Waals surface area contributed by atoms with Crippen LogP contribution in [0.5, 0.6) is 11.6 Å². The van der Waals surface area contributed by atoms with Gasteiger partial charge < -0.3 is 9.84 Å². The lowest BCUT2D eigenvalue weighted by Gasteiger charge is -2.12. The van der Waals surface area contributed by atoms with Crippen LogP contribution in [-0.4, -0.2) is 21.6 Å². The molecule has 0 bridgehead atoms. The summed E-state index contributed by atoms with van der Waals surface area (Å²) < 4.78 is 7.70. The molecule has 4 aromatic rings. The number of aryl methyl sites for hydroxylation is 3. The van der Waals surface area contributed by atoms with Crippen LogP contribution >= 0.6 is 11.3 Å². The van der Waals surface area contributed by atoms with Crippen LogP contribution < -0.4 is 10.3 Å². The molecule has 4 rings (SSSR count). The van der Waals surface area contributed by atoms with Crippen LogP contribution in [0.25, 0.3) is 26.3 Å². The molecule has 0 aliphatic rings.